The monoisotopic (exact) mass is 263 g/mol. The molecular weight excluding hydrogens is 234 g/mol. The molecule has 0 amide bonds. The van der Waals surface area contributed by atoms with Crippen LogP contribution in [0.5, 0.6) is 0 Å². The molecule has 0 aliphatic rings. The van der Waals surface area contributed by atoms with Gasteiger partial charge in [-0.1, -0.05) is 12.8 Å². The highest BCUT2D eigenvalue weighted by molar-refractivity contribution is 6.59. The molecule has 0 aromatic rings. The molecule has 17 heavy (non-hydrogen) atoms. The minimum atomic E-state index is -2.41. The van der Waals surface area contributed by atoms with Crippen LogP contribution in [0.4, 0.5) is 0 Å². The van der Waals surface area contributed by atoms with Crippen LogP contribution in [0.15, 0.2) is 0 Å². The normalized spacial score (nSPS) is 13.9. The van der Waals surface area contributed by atoms with Crippen LogP contribution in [0.1, 0.15) is 46.5 Å². The molecule has 0 radical (unpaired) electrons. The minimum Gasteiger partial charge on any atom is -0.374 e. The van der Waals surface area contributed by atoms with Gasteiger partial charge < -0.3 is 19.0 Å². The SMILES string of the molecule is CCO[Si](C)(OCC)OC(C)CCCCCN. The van der Waals surface area contributed by atoms with Crippen molar-refractivity contribution >= 4 is 8.80 Å². The molecule has 1 unspecified atom stereocenters. The molecular formula is C12H29NO3Si. The Balaban J connectivity index is 3.90. The fraction of sp³-hybridized carbons (Fsp3) is 1.00. The lowest BCUT2D eigenvalue weighted by Crippen LogP contribution is -2.45. The molecule has 0 spiro atoms. The minimum absolute atomic E-state index is 0.197. The first-order valence-corrected chi connectivity index (χ1v) is 8.96. The molecule has 0 rings (SSSR count). The van der Waals surface area contributed by atoms with Gasteiger partial charge in [-0.15, -0.1) is 0 Å². The highest BCUT2D eigenvalue weighted by Gasteiger charge is 2.35. The lowest BCUT2D eigenvalue weighted by molar-refractivity contribution is 0.0407. The highest BCUT2D eigenvalue weighted by atomic mass is 28.4. The van der Waals surface area contributed by atoms with Crippen molar-refractivity contribution in [2.24, 2.45) is 5.73 Å². The Bertz CT molecular complexity index is 175. The van der Waals surface area contributed by atoms with Crippen LogP contribution in [-0.2, 0) is 13.3 Å². The first kappa shape index (κ1) is 17.1. The van der Waals surface area contributed by atoms with Crippen molar-refractivity contribution in [3.63, 3.8) is 0 Å². The van der Waals surface area contributed by atoms with Crippen molar-refractivity contribution in [2.45, 2.75) is 59.1 Å². The van der Waals surface area contributed by atoms with Gasteiger partial charge in [-0.2, -0.15) is 0 Å². The fourth-order valence-corrected chi connectivity index (χ4v) is 3.93. The van der Waals surface area contributed by atoms with Crippen molar-refractivity contribution in [3.05, 3.63) is 0 Å². The van der Waals surface area contributed by atoms with E-state index in [2.05, 4.69) is 6.92 Å². The van der Waals surface area contributed by atoms with Crippen molar-refractivity contribution in [1.29, 1.82) is 0 Å². The van der Waals surface area contributed by atoms with Crippen molar-refractivity contribution in [1.82, 2.24) is 0 Å². The molecule has 0 aromatic heterocycles. The third-order valence-corrected chi connectivity index (χ3v) is 5.00. The molecule has 0 aliphatic heterocycles. The van der Waals surface area contributed by atoms with E-state index in [0.29, 0.717) is 13.2 Å². The lowest BCUT2D eigenvalue weighted by Gasteiger charge is -2.28. The summed E-state index contributed by atoms with van der Waals surface area (Å²) in [7, 11) is -2.41. The number of hydrogen-bond acceptors (Lipinski definition) is 4. The van der Waals surface area contributed by atoms with Crippen LogP contribution < -0.4 is 5.73 Å². The van der Waals surface area contributed by atoms with Gasteiger partial charge >= 0.3 is 8.80 Å². The smallest absolute Gasteiger partial charge is 0.374 e. The number of unbranched alkanes of at least 4 members (excludes halogenated alkanes) is 2. The predicted molar refractivity (Wildman–Crippen MR) is 72.9 cm³/mol. The van der Waals surface area contributed by atoms with Crippen molar-refractivity contribution < 1.29 is 13.3 Å². The largest absolute Gasteiger partial charge is 0.497 e. The van der Waals surface area contributed by atoms with E-state index in [0.717, 1.165) is 25.8 Å². The Morgan fingerprint density at radius 2 is 1.65 bits per heavy atom. The third-order valence-electron chi connectivity index (χ3n) is 2.54. The molecule has 0 aromatic carbocycles. The number of hydrogen-bond donors (Lipinski definition) is 1. The summed E-state index contributed by atoms with van der Waals surface area (Å²) in [6.45, 7) is 10.1. The Morgan fingerprint density at radius 1 is 1.06 bits per heavy atom. The molecule has 0 saturated heterocycles. The zero-order chi connectivity index (χ0) is 13.1. The molecule has 104 valence electrons. The van der Waals surface area contributed by atoms with Crippen molar-refractivity contribution in [2.75, 3.05) is 19.8 Å². The van der Waals surface area contributed by atoms with E-state index >= 15 is 0 Å². The maximum Gasteiger partial charge on any atom is 0.497 e. The summed E-state index contributed by atoms with van der Waals surface area (Å²) in [5.41, 5.74) is 5.46. The summed E-state index contributed by atoms with van der Waals surface area (Å²) in [5.74, 6) is 0. The summed E-state index contributed by atoms with van der Waals surface area (Å²) < 4.78 is 17.2. The van der Waals surface area contributed by atoms with E-state index in [1.54, 1.807) is 0 Å². The fourth-order valence-electron chi connectivity index (χ4n) is 1.81. The number of nitrogens with two attached hydrogens (primary N) is 1. The summed E-state index contributed by atoms with van der Waals surface area (Å²) >= 11 is 0. The molecule has 0 fully saturated rings. The maximum atomic E-state index is 5.96. The van der Waals surface area contributed by atoms with Gasteiger partial charge in [0.25, 0.3) is 0 Å². The van der Waals surface area contributed by atoms with Crippen LogP contribution in [0.2, 0.25) is 6.55 Å². The van der Waals surface area contributed by atoms with Crippen LogP contribution in [0, 0.1) is 0 Å². The molecule has 1 atom stereocenters. The summed E-state index contributed by atoms with van der Waals surface area (Å²) in [5, 5.41) is 0. The summed E-state index contributed by atoms with van der Waals surface area (Å²) in [6.07, 6.45) is 4.66. The van der Waals surface area contributed by atoms with Crippen LogP contribution in [0.3, 0.4) is 0 Å². The molecule has 2 N–H and O–H groups in total. The molecule has 0 bridgehead atoms. The average Bonchev–Trinajstić information content (AvgIpc) is 2.24. The van der Waals surface area contributed by atoms with Gasteiger partial charge in [0, 0.05) is 25.9 Å². The standard InChI is InChI=1S/C12H29NO3Si/c1-5-14-17(4,15-6-2)16-12(3)10-8-7-9-11-13/h12H,5-11,13H2,1-4H3. The van der Waals surface area contributed by atoms with Crippen LogP contribution in [-0.4, -0.2) is 34.7 Å². The van der Waals surface area contributed by atoms with Gasteiger partial charge in [-0.25, -0.2) is 0 Å². The van der Waals surface area contributed by atoms with Gasteiger partial charge in [-0.05, 0) is 40.2 Å². The topological polar surface area (TPSA) is 53.7 Å². The molecule has 4 nitrogen and oxygen atoms in total. The van der Waals surface area contributed by atoms with Gasteiger partial charge in [0.05, 0.1) is 0 Å². The second-order valence-corrected chi connectivity index (χ2v) is 6.83. The lowest BCUT2D eigenvalue weighted by atomic mass is 10.1. The van der Waals surface area contributed by atoms with Gasteiger partial charge in [0.15, 0.2) is 0 Å². The summed E-state index contributed by atoms with van der Waals surface area (Å²) in [6, 6.07) is 0. The second kappa shape index (κ2) is 10.0. The Labute approximate surface area is 107 Å². The van der Waals surface area contributed by atoms with Crippen molar-refractivity contribution in [3.8, 4) is 0 Å². The molecule has 5 heteroatoms. The van der Waals surface area contributed by atoms with E-state index in [1.807, 2.05) is 20.4 Å². The Morgan fingerprint density at radius 3 is 2.12 bits per heavy atom. The Kier molecular flexibility index (Phi) is 10.1. The molecule has 0 saturated carbocycles. The van der Waals surface area contributed by atoms with E-state index in [4.69, 9.17) is 19.0 Å². The van der Waals surface area contributed by atoms with Gasteiger partial charge in [0.2, 0.25) is 0 Å². The molecule has 0 aliphatic carbocycles. The van der Waals surface area contributed by atoms with E-state index in [-0.39, 0.29) is 6.10 Å². The second-order valence-electron chi connectivity index (χ2n) is 4.29. The third kappa shape index (κ3) is 8.74. The Hall–Kier alpha value is 0.0569. The molecule has 0 heterocycles. The first-order valence-electron chi connectivity index (χ1n) is 6.73. The van der Waals surface area contributed by atoms with E-state index in [9.17, 15) is 0 Å². The van der Waals surface area contributed by atoms with Crippen LogP contribution in [0.25, 0.3) is 0 Å². The van der Waals surface area contributed by atoms with Gasteiger partial charge in [0.1, 0.15) is 0 Å². The predicted octanol–water partition coefficient (Wildman–Crippen LogP) is 2.55. The van der Waals surface area contributed by atoms with Gasteiger partial charge in [-0.3, -0.25) is 0 Å². The number of rotatable bonds is 11. The maximum absolute atomic E-state index is 5.96. The summed E-state index contributed by atoms with van der Waals surface area (Å²) in [4.78, 5) is 0. The van der Waals surface area contributed by atoms with E-state index in [1.165, 1.54) is 6.42 Å². The highest BCUT2D eigenvalue weighted by Crippen LogP contribution is 2.15. The quantitative estimate of drug-likeness (QED) is 0.460. The average molecular weight is 263 g/mol. The zero-order valence-electron chi connectivity index (χ0n) is 11.8. The van der Waals surface area contributed by atoms with Crippen LogP contribution >= 0.6 is 0 Å². The zero-order valence-corrected chi connectivity index (χ0v) is 12.8. The van der Waals surface area contributed by atoms with E-state index < -0.39 is 8.80 Å². The first-order chi connectivity index (χ1) is 8.08.